The van der Waals surface area contributed by atoms with Gasteiger partial charge in [0, 0.05) is 5.02 Å². The lowest BCUT2D eigenvalue weighted by atomic mass is 10.1. The third kappa shape index (κ3) is 4.18. The lowest BCUT2D eigenvalue weighted by molar-refractivity contribution is 0.225. The Labute approximate surface area is 126 Å². The molecule has 3 N–H and O–H groups in total. The Kier molecular flexibility index (Phi) is 5.14. The Bertz CT molecular complexity index is 622. The highest BCUT2D eigenvalue weighted by molar-refractivity contribution is 6.30. The van der Waals surface area contributed by atoms with Gasteiger partial charge in [0.05, 0.1) is 18.3 Å². The van der Waals surface area contributed by atoms with E-state index >= 15 is 0 Å². The van der Waals surface area contributed by atoms with Crippen molar-refractivity contribution < 1.29 is 14.3 Å². The van der Waals surface area contributed by atoms with Crippen molar-refractivity contribution in [1.82, 2.24) is 5.32 Å². The number of amides is 2. The maximum atomic E-state index is 13.6. The highest BCUT2D eigenvalue weighted by Gasteiger charge is 2.14. The predicted octanol–water partition coefficient (Wildman–Crippen LogP) is 3.33. The summed E-state index contributed by atoms with van der Waals surface area (Å²) in [5, 5.41) is 14.5. The zero-order valence-corrected chi connectivity index (χ0v) is 11.8. The van der Waals surface area contributed by atoms with Gasteiger partial charge in [-0.3, -0.25) is 0 Å². The molecule has 0 spiro atoms. The molecule has 2 rings (SSSR count). The van der Waals surface area contributed by atoms with Crippen LogP contribution in [0.5, 0.6) is 0 Å². The second kappa shape index (κ2) is 7.06. The number of urea groups is 1. The van der Waals surface area contributed by atoms with Crippen LogP contribution in [-0.2, 0) is 0 Å². The summed E-state index contributed by atoms with van der Waals surface area (Å²) in [6.45, 7) is -0.263. The molecule has 0 aromatic heterocycles. The molecule has 0 unspecified atom stereocenters. The second-order valence-corrected chi connectivity index (χ2v) is 4.80. The van der Waals surface area contributed by atoms with Crippen LogP contribution in [-0.4, -0.2) is 17.7 Å². The minimum atomic E-state index is -0.627. The molecule has 4 nitrogen and oxygen atoms in total. The van der Waals surface area contributed by atoms with Crippen molar-refractivity contribution in [3.05, 3.63) is 64.9 Å². The van der Waals surface area contributed by atoms with Crippen LogP contribution in [0.25, 0.3) is 0 Å². The van der Waals surface area contributed by atoms with Crippen molar-refractivity contribution in [2.75, 3.05) is 11.9 Å². The number of anilines is 1. The summed E-state index contributed by atoms with van der Waals surface area (Å²) < 4.78 is 13.6. The van der Waals surface area contributed by atoms with Crippen molar-refractivity contribution >= 4 is 23.3 Å². The zero-order valence-electron chi connectivity index (χ0n) is 11.0. The maximum absolute atomic E-state index is 13.6. The quantitative estimate of drug-likeness (QED) is 0.811. The molecule has 0 bridgehead atoms. The molecule has 21 heavy (non-hydrogen) atoms. The van der Waals surface area contributed by atoms with Crippen LogP contribution >= 0.6 is 11.6 Å². The monoisotopic (exact) mass is 308 g/mol. The highest BCUT2D eigenvalue weighted by Crippen LogP contribution is 2.19. The van der Waals surface area contributed by atoms with Gasteiger partial charge in [0.25, 0.3) is 0 Å². The summed E-state index contributed by atoms with van der Waals surface area (Å²) in [6.07, 6.45) is 0. The molecule has 0 aliphatic carbocycles. The van der Waals surface area contributed by atoms with E-state index in [0.29, 0.717) is 0 Å². The summed E-state index contributed by atoms with van der Waals surface area (Å²) in [7, 11) is 0. The number of nitrogens with one attached hydrogen (secondary N) is 2. The third-order valence-electron chi connectivity index (χ3n) is 2.87. The van der Waals surface area contributed by atoms with Gasteiger partial charge in [-0.1, -0.05) is 41.9 Å². The summed E-state index contributed by atoms with van der Waals surface area (Å²) in [4.78, 5) is 11.9. The topological polar surface area (TPSA) is 61.4 Å². The standard InChI is InChI=1S/C15H14ClFN2O2/c16-11-6-7-13(12(17)8-11)18-15(21)19-14(9-20)10-4-2-1-3-5-10/h1-8,14,20H,9H2,(H2,18,19,21)/t14-/m1/s1. The van der Waals surface area contributed by atoms with Crippen LogP contribution in [0.15, 0.2) is 48.5 Å². The van der Waals surface area contributed by atoms with E-state index in [-0.39, 0.29) is 17.3 Å². The molecular formula is C15H14ClFN2O2. The van der Waals surface area contributed by atoms with Crippen molar-refractivity contribution in [3.8, 4) is 0 Å². The van der Waals surface area contributed by atoms with E-state index in [1.807, 2.05) is 6.07 Å². The van der Waals surface area contributed by atoms with Gasteiger partial charge < -0.3 is 15.7 Å². The van der Waals surface area contributed by atoms with Crippen molar-refractivity contribution in [2.24, 2.45) is 0 Å². The van der Waals surface area contributed by atoms with Crippen molar-refractivity contribution in [1.29, 1.82) is 0 Å². The van der Waals surface area contributed by atoms with Crippen LogP contribution in [0.2, 0.25) is 5.02 Å². The number of aliphatic hydroxyl groups excluding tert-OH is 1. The highest BCUT2D eigenvalue weighted by atomic mass is 35.5. The van der Waals surface area contributed by atoms with Crippen LogP contribution in [0.3, 0.4) is 0 Å². The fourth-order valence-corrected chi connectivity index (χ4v) is 1.99. The first-order chi connectivity index (χ1) is 10.1. The molecule has 1 atom stereocenters. The van der Waals surface area contributed by atoms with Gasteiger partial charge in [0.2, 0.25) is 0 Å². The normalized spacial score (nSPS) is 11.8. The second-order valence-electron chi connectivity index (χ2n) is 4.37. The first-order valence-corrected chi connectivity index (χ1v) is 6.66. The Balaban J connectivity index is 2.03. The molecule has 2 aromatic rings. The molecule has 2 amide bonds. The molecule has 6 heteroatoms. The molecule has 2 aromatic carbocycles. The number of hydrogen-bond acceptors (Lipinski definition) is 2. The summed E-state index contributed by atoms with van der Waals surface area (Å²) >= 11 is 5.64. The van der Waals surface area contributed by atoms with E-state index in [1.165, 1.54) is 12.1 Å². The Morgan fingerprint density at radius 1 is 1.24 bits per heavy atom. The maximum Gasteiger partial charge on any atom is 0.319 e. The SMILES string of the molecule is O=C(Nc1ccc(Cl)cc1F)N[C@H](CO)c1ccccc1. The van der Waals surface area contributed by atoms with Crippen molar-refractivity contribution in [3.63, 3.8) is 0 Å². The molecule has 0 aliphatic heterocycles. The van der Waals surface area contributed by atoms with E-state index < -0.39 is 17.9 Å². The Morgan fingerprint density at radius 3 is 2.57 bits per heavy atom. The van der Waals surface area contributed by atoms with Gasteiger partial charge in [0.15, 0.2) is 0 Å². The van der Waals surface area contributed by atoms with Gasteiger partial charge in [-0.25, -0.2) is 9.18 Å². The third-order valence-corrected chi connectivity index (χ3v) is 3.10. The predicted molar refractivity (Wildman–Crippen MR) is 79.8 cm³/mol. The van der Waals surface area contributed by atoms with Crippen molar-refractivity contribution in [2.45, 2.75) is 6.04 Å². The number of hydrogen-bond donors (Lipinski definition) is 3. The summed E-state index contributed by atoms with van der Waals surface area (Å²) in [5.74, 6) is -0.627. The van der Waals surface area contributed by atoms with E-state index in [4.69, 9.17) is 11.6 Å². The molecule has 0 saturated heterocycles. The minimum Gasteiger partial charge on any atom is -0.394 e. The number of carbonyl (C=O) groups is 1. The van der Waals surface area contributed by atoms with Gasteiger partial charge in [-0.2, -0.15) is 0 Å². The van der Waals surface area contributed by atoms with Crippen LogP contribution in [0.4, 0.5) is 14.9 Å². The van der Waals surface area contributed by atoms with Crippen LogP contribution < -0.4 is 10.6 Å². The van der Waals surface area contributed by atoms with Gasteiger partial charge in [-0.05, 0) is 23.8 Å². The van der Waals surface area contributed by atoms with Gasteiger partial charge >= 0.3 is 6.03 Å². The van der Waals surface area contributed by atoms with Gasteiger partial charge in [0.1, 0.15) is 5.82 Å². The molecule has 0 heterocycles. The lowest BCUT2D eigenvalue weighted by Gasteiger charge is -2.17. The van der Waals surface area contributed by atoms with Crippen LogP contribution in [0.1, 0.15) is 11.6 Å². The molecule has 0 aliphatic rings. The molecule has 110 valence electrons. The van der Waals surface area contributed by atoms with Gasteiger partial charge in [-0.15, -0.1) is 0 Å². The largest absolute Gasteiger partial charge is 0.394 e. The fraction of sp³-hybridized carbons (Fsp3) is 0.133. The summed E-state index contributed by atoms with van der Waals surface area (Å²) in [6, 6.07) is 11.8. The smallest absolute Gasteiger partial charge is 0.319 e. The van der Waals surface area contributed by atoms with E-state index in [2.05, 4.69) is 10.6 Å². The first kappa shape index (κ1) is 15.3. The minimum absolute atomic E-state index is 0.0154. The molecule has 0 saturated carbocycles. The fourth-order valence-electron chi connectivity index (χ4n) is 1.83. The van der Waals surface area contributed by atoms with Crippen LogP contribution in [0, 0.1) is 5.82 Å². The first-order valence-electron chi connectivity index (χ1n) is 6.28. The Hall–Kier alpha value is -2.11. The number of carbonyl (C=O) groups excluding carboxylic acids is 1. The summed E-state index contributed by atoms with van der Waals surface area (Å²) in [5.41, 5.74) is 0.772. The Morgan fingerprint density at radius 2 is 1.95 bits per heavy atom. The average Bonchev–Trinajstić information content (AvgIpc) is 2.48. The number of aliphatic hydroxyl groups is 1. The van der Waals surface area contributed by atoms with E-state index in [9.17, 15) is 14.3 Å². The molecule has 0 radical (unpaired) electrons. The number of benzene rings is 2. The zero-order chi connectivity index (χ0) is 15.2. The van der Waals surface area contributed by atoms with E-state index in [0.717, 1.165) is 11.6 Å². The average molecular weight is 309 g/mol. The molecule has 0 fully saturated rings. The van der Waals surface area contributed by atoms with E-state index in [1.54, 1.807) is 24.3 Å². The number of halogens is 2. The lowest BCUT2D eigenvalue weighted by Crippen LogP contribution is -2.34. The number of rotatable bonds is 4. The molecular weight excluding hydrogens is 295 g/mol.